The van der Waals surface area contributed by atoms with E-state index in [-0.39, 0.29) is 0 Å². The Morgan fingerprint density at radius 1 is 0.812 bits per heavy atom. The fraction of sp³-hybridized carbons (Fsp3) is 0.143. The lowest BCUT2D eigenvalue weighted by atomic mass is 9.97. The normalized spacial score (nSPS) is 10.4. The zero-order valence-corrected chi connectivity index (χ0v) is 9.62. The van der Waals surface area contributed by atoms with Crippen LogP contribution in [0.5, 0.6) is 0 Å². The van der Waals surface area contributed by atoms with Crippen molar-refractivity contribution in [1.82, 2.24) is 0 Å². The van der Waals surface area contributed by atoms with E-state index in [1.165, 1.54) is 5.56 Å². The summed E-state index contributed by atoms with van der Waals surface area (Å²) in [6, 6.07) is 12.0. The van der Waals surface area contributed by atoms with Crippen LogP contribution in [0.1, 0.15) is 11.1 Å². The quantitative estimate of drug-likeness (QED) is 0.713. The minimum Gasteiger partial charge on any atom is -0.399 e. The van der Waals surface area contributed by atoms with Crippen molar-refractivity contribution >= 4 is 11.4 Å². The summed E-state index contributed by atoms with van der Waals surface area (Å²) in [6.07, 6.45) is 0. The van der Waals surface area contributed by atoms with E-state index in [2.05, 4.69) is 6.07 Å². The van der Waals surface area contributed by atoms with Gasteiger partial charge in [0.05, 0.1) is 0 Å². The fourth-order valence-electron chi connectivity index (χ4n) is 1.84. The second-order valence-corrected chi connectivity index (χ2v) is 4.09. The number of aryl methyl sites for hydroxylation is 1. The van der Waals surface area contributed by atoms with Crippen molar-refractivity contribution in [3.63, 3.8) is 0 Å². The molecule has 16 heavy (non-hydrogen) atoms. The van der Waals surface area contributed by atoms with Crippen LogP contribution in [-0.2, 0) is 0 Å². The first-order valence-electron chi connectivity index (χ1n) is 5.31. The van der Waals surface area contributed by atoms with Crippen molar-refractivity contribution in [2.75, 3.05) is 11.5 Å². The van der Waals surface area contributed by atoms with E-state index >= 15 is 0 Å². The average molecular weight is 212 g/mol. The average Bonchev–Trinajstić information content (AvgIpc) is 2.28. The molecule has 0 radical (unpaired) electrons. The number of hydrogen-bond acceptors (Lipinski definition) is 2. The molecule has 0 unspecified atom stereocenters. The fourth-order valence-corrected chi connectivity index (χ4v) is 1.84. The maximum atomic E-state index is 6.03. The van der Waals surface area contributed by atoms with Crippen molar-refractivity contribution in [3.8, 4) is 11.1 Å². The molecule has 0 fully saturated rings. The van der Waals surface area contributed by atoms with Gasteiger partial charge >= 0.3 is 0 Å². The number of anilines is 2. The summed E-state index contributed by atoms with van der Waals surface area (Å²) in [7, 11) is 0. The molecule has 0 aromatic heterocycles. The lowest BCUT2D eigenvalue weighted by molar-refractivity contribution is 1.38. The summed E-state index contributed by atoms with van der Waals surface area (Å²) < 4.78 is 0. The van der Waals surface area contributed by atoms with Gasteiger partial charge in [-0.05, 0) is 48.2 Å². The highest BCUT2D eigenvalue weighted by Gasteiger charge is 2.06. The summed E-state index contributed by atoms with van der Waals surface area (Å²) in [4.78, 5) is 0. The van der Waals surface area contributed by atoms with Crippen LogP contribution in [0.3, 0.4) is 0 Å². The van der Waals surface area contributed by atoms with Gasteiger partial charge in [-0.3, -0.25) is 0 Å². The Morgan fingerprint density at radius 2 is 1.44 bits per heavy atom. The Hall–Kier alpha value is -1.96. The highest BCUT2D eigenvalue weighted by atomic mass is 14.6. The topological polar surface area (TPSA) is 52.0 Å². The van der Waals surface area contributed by atoms with Crippen LogP contribution in [0.15, 0.2) is 36.4 Å². The zero-order valence-electron chi connectivity index (χ0n) is 9.62. The molecule has 0 spiro atoms. The lowest BCUT2D eigenvalue weighted by Gasteiger charge is -2.11. The van der Waals surface area contributed by atoms with E-state index in [1.54, 1.807) is 0 Å². The molecule has 0 amide bonds. The number of hydrogen-bond donors (Lipinski definition) is 2. The molecule has 2 rings (SSSR count). The largest absolute Gasteiger partial charge is 0.399 e. The molecule has 2 aromatic carbocycles. The van der Waals surface area contributed by atoms with Gasteiger partial charge in [0.1, 0.15) is 0 Å². The molecule has 0 bridgehead atoms. The first-order valence-corrected chi connectivity index (χ1v) is 5.31. The van der Waals surface area contributed by atoms with Crippen LogP contribution < -0.4 is 11.5 Å². The van der Waals surface area contributed by atoms with Crippen LogP contribution in [0, 0.1) is 13.8 Å². The third kappa shape index (κ3) is 1.74. The highest BCUT2D eigenvalue weighted by molar-refractivity contribution is 5.75. The van der Waals surface area contributed by atoms with Gasteiger partial charge in [-0.25, -0.2) is 0 Å². The number of nitrogen functional groups attached to an aromatic ring is 2. The van der Waals surface area contributed by atoms with Crippen LogP contribution in [0.4, 0.5) is 11.4 Å². The molecule has 0 aliphatic rings. The van der Waals surface area contributed by atoms with Crippen LogP contribution in [-0.4, -0.2) is 0 Å². The smallest absolute Gasteiger partial charge is 0.0379 e. The van der Waals surface area contributed by atoms with Gasteiger partial charge in [0.25, 0.3) is 0 Å². The Balaban J connectivity index is 2.57. The second-order valence-electron chi connectivity index (χ2n) is 4.09. The first kappa shape index (κ1) is 10.6. The standard InChI is InChI=1S/C14H16N2/c1-9-3-8-13(10(2)14(9)16)11-4-6-12(15)7-5-11/h3-8H,15-16H2,1-2H3. The van der Waals surface area contributed by atoms with Crippen molar-refractivity contribution in [2.45, 2.75) is 13.8 Å². The van der Waals surface area contributed by atoms with Crippen molar-refractivity contribution in [3.05, 3.63) is 47.5 Å². The van der Waals surface area contributed by atoms with Gasteiger partial charge in [-0.15, -0.1) is 0 Å². The van der Waals surface area contributed by atoms with Crippen LogP contribution in [0.2, 0.25) is 0 Å². The minimum absolute atomic E-state index is 0.779. The summed E-state index contributed by atoms with van der Waals surface area (Å²) in [5, 5.41) is 0. The van der Waals surface area contributed by atoms with Gasteiger partial charge in [-0.1, -0.05) is 24.3 Å². The van der Waals surface area contributed by atoms with Crippen molar-refractivity contribution in [2.24, 2.45) is 0 Å². The third-order valence-electron chi connectivity index (χ3n) is 2.95. The molecule has 2 nitrogen and oxygen atoms in total. The Morgan fingerprint density at radius 3 is 2.06 bits per heavy atom. The second kappa shape index (κ2) is 3.89. The Bertz CT molecular complexity index is 513. The Labute approximate surface area is 95.9 Å². The monoisotopic (exact) mass is 212 g/mol. The molecule has 0 heterocycles. The molecular weight excluding hydrogens is 196 g/mol. The van der Waals surface area contributed by atoms with Gasteiger partial charge in [0, 0.05) is 11.4 Å². The lowest BCUT2D eigenvalue weighted by Crippen LogP contribution is -1.95. The predicted octanol–water partition coefficient (Wildman–Crippen LogP) is 3.13. The number of benzene rings is 2. The van der Waals surface area contributed by atoms with E-state index in [0.29, 0.717) is 0 Å². The molecule has 0 aliphatic carbocycles. The van der Waals surface area contributed by atoms with Crippen molar-refractivity contribution in [1.29, 1.82) is 0 Å². The summed E-state index contributed by atoms with van der Waals surface area (Å²) >= 11 is 0. The van der Waals surface area contributed by atoms with E-state index in [1.807, 2.05) is 44.2 Å². The molecule has 82 valence electrons. The zero-order chi connectivity index (χ0) is 11.7. The summed E-state index contributed by atoms with van der Waals surface area (Å²) in [5.41, 5.74) is 17.9. The highest BCUT2D eigenvalue weighted by Crippen LogP contribution is 2.29. The molecule has 2 aromatic rings. The molecule has 0 atom stereocenters. The maximum absolute atomic E-state index is 6.03. The van der Waals surface area contributed by atoms with Gasteiger partial charge in [-0.2, -0.15) is 0 Å². The predicted molar refractivity (Wildman–Crippen MR) is 70.2 cm³/mol. The van der Waals surface area contributed by atoms with E-state index in [4.69, 9.17) is 11.5 Å². The molecule has 0 saturated carbocycles. The van der Waals surface area contributed by atoms with Gasteiger partial charge in [0.2, 0.25) is 0 Å². The minimum atomic E-state index is 0.779. The van der Waals surface area contributed by atoms with Crippen LogP contribution in [0.25, 0.3) is 11.1 Å². The molecule has 2 heteroatoms. The summed E-state index contributed by atoms with van der Waals surface area (Å²) in [6.45, 7) is 4.07. The van der Waals surface area contributed by atoms with E-state index in [0.717, 1.165) is 28.1 Å². The molecule has 4 N–H and O–H groups in total. The first-order chi connectivity index (χ1) is 7.59. The maximum Gasteiger partial charge on any atom is 0.0379 e. The summed E-state index contributed by atoms with van der Waals surface area (Å²) in [5.74, 6) is 0. The van der Waals surface area contributed by atoms with Crippen molar-refractivity contribution < 1.29 is 0 Å². The van der Waals surface area contributed by atoms with Gasteiger partial charge in [0.15, 0.2) is 0 Å². The van der Waals surface area contributed by atoms with Gasteiger partial charge < -0.3 is 11.5 Å². The van der Waals surface area contributed by atoms with Crippen LogP contribution >= 0.6 is 0 Å². The molecular formula is C14H16N2. The van der Waals surface area contributed by atoms with E-state index < -0.39 is 0 Å². The third-order valence-corrected chi connectivity index (χ3v) is 2.95. The molecule has 0 saturated heterocycles. The van der Waals surface area contributed by atoms with E-state index in [9.17, 15) is 0 Å². The SMILES string of the molecule is Cc1ccc(-c2ccc(N)cc2)c(C)c1N. The number of rotatable bonds is 1. The molecule has 0 aliphatic heterocycles. The Kier molecular flexibility index (Phi) is 2.57. The number of nitrogens with two attached hydrogens (primary N) is 2.